The second-order valence-electron chi connectivity index (χ2n) is 3.23. The molecule has 0 bridgehead atoms. The third-order valence-corrected chi connectivity index (χ3v) is 2.33. The Bertz CT molecular complexity index is 287. The minimum Gasteiger partial charge on any atom is -0.295 e. The molecule has 0 saturated carbocycles. The van der Waals surface area contributed by atoms with Crippen molar-refractivity contribution in [2.24, 2.45) is 5.11 Å². The predicted molar refractivity (Wildman–Crippen MR) is 50.2 cm³/mol. The van der Waals surface area contributed by atoms with E-state index in [0.29, 0.717) is 6.54 Å². The second kappa shape index (κ2) is 4.67. The van der Waals surface area contributed by atoms with E-state index in [1.165, 1.54) is 0 Å². The van der Waals surface area contributed by atoms with Crippen LogP contribution in [0.4, 0.5) is 0 Å². The highest BCUT2D eigenvalue weighted by molar-refractivity contribution is 5.94. The van der Waals surface area contributed by atoms with Gasteiger partial charge in [-0.25, -0.2) is 0 Å². The number of allylic oxidation sites excluding steroid dienone is 1. The van der Waals surface area contributed by atoms with Crippen molar-refractivity contribution >= 4 is 5.78 Å². The van der Waals surface area contributed by atoms with Crippen molar-refractivity contribution in [1.29, 1.82) is 0 Å². The summed E-state index contributed by atoms with van der Waals surface area (Å²) in [6.07, 6.45) is 3.95. The zero-order valence-corrected chi connectivity index (χ0v) is 7.79. The highest BCUT2D eigenvalue weighted by Crippen LogP contribution is 2.25. The maximum absolute atomic E-state index is 11.2. The molecule has 0 radical (unpaired) electrons. The minimum absolute atomic E-state index is 0.128. The largest absolute Gasteiger partial charge is 0.295 e. The summed E-state index contributed by atoms with van der Waals surface area (Å²) in [6, 6.07) is 0. The highest BCUT2D eigenvalue weighted by atomic mass is 16.1. The Hall–Kier alpha value is -1.28. The molecule has 0 N–H and O–H groups in total. The van der Waals surface area contributed by atoms with Gasteiger partial charge in [0.1, 0.15) is 0 Å². The molecule has 0 aromatic heterocycles. The fourth-order valence-corrected chi connectivity index (χ4v) is 1.68. The van der Waals surface area contributed by atoms with Gasteiger partial charge in [-0.05, 0) is 43.7 Å². The Morgan fingerprint density at radius 1 is 1.54 bits per heavy atom. The maximum Gasteiger partial charge on any atom is 0.155 e. The Morgan fingerprint density at radius 3 is 2.85 bits per heavy atom. The maximum atomic E-state index is 11.2. The first-order chi connectivity index (χ1) is 6.25. The van der Waals surface area contributed by atoms with Gasteiger partial charge >= 0.3 is 0 Å². The van der Waals surface area contributed by atoms with Crippen LogP contribution < -0.4 is 0 Å². The van der Waals surface area contributed by atoms with Crippen LogP contribution in [-0.4, -0.2) is 12.3 Å². The van der Waals surface area contributed by atoms with Crippen LogP contribution in [0.3, 0.4) is 0 Å². The minimum atomic E-state index is 0.128. The predicted octanol–water partition coefficient (Wildman–Crippen LogP) is 2.76. The van der Waals surface area contributed by atoms with Crippen LogP contribution in [0, 0.1) is 0 Å². The molecule has 1 aliphatic rings. The molecule has 4 heteroatoms. The van der Waals surface area contributed by atoms with E-state index in [2.05, 4.69) is 10.0 Å². The smallest absolute Gasteiger partial charge is 0.155 e. The van der Waals surface area contributed by atoms with Crippen molar-refractivity contribution in [3.63, 3.8) is 0 Å². The summed E-state index contributed by atoms with van der Waals surface area (Å²) >= 11 is 0. The lowest BCUT2D eigenvalue weighted by Crippen LogP contribution is -2.08. The molecule has 0 heterocycles. The first-order valence-electron chi connectivity index (χ1n) is 4.48. The zero-order chi connectivity index (χ0) is 9.68. The highest BCUT2D eigenvalue weighted by Gasteiger charge is 2.14. The van der Waals surface area contributed by atoms with E-state index < -0.39 is 0 Å². The first-order valence-corrected chi connectivity index (χ1v) is 4.48. The van der Waals surface area contributed by atoms with Gasteiger partial charge in [0, 0.05) is 11.5 Å². The van der Waals surface area contributed by atoms with Gasteiger partial charge in [-0.2, -0.15) is 0 Å². The van der Waals surface area contributed by atoms with E-state index in [-0.39, 0.29) is 5.78 Å². The van der Waals surface area contributed by atoms with Crippen molar-refractivity contribution in [2.45, 2.75) is 32.6 Å². The molecule has 1 aliphatic carbocycles. The van der Waals surface area contributed by atoms with E-state index in [0.717, 1.165) is 36.8 Å². The second-order valence-corrected chi connectivity index (χ2v) is 3.23. The third kappa shape index (κ3) is 2.60. The fourth-order valence-electron chi connectivity index (χ4n) is 1.68. The van der Waals surface area contributed by atoms with Gasteiger partial charge in [-0.15, -0.1) is 0 Å². The Morgan fingerprint density at radius 2 is 2.23 bits per heavy atom. The zero-order valence-electron chi connectivity index (χ0n) is 7.79. The summed E-state index contributed by atoms with van der Waals surface area (Å²) in [6.45, 7) is 1.95. The number of carbonyl (C=O) groups excluding carboxylic acids is 1. The average Bonchev–Trinajstić information content (AvgIpc) is 2.15. The standard InChI is InChI=1S/C9H13N3O/c1-7(13)9-5-3-2-4-8(9)6-11-12-10/h2-6H2,1H3. The topological polar surface area (TPSA) is 65.8 Å². The lowest BCUT2D eigenvalue weighted by atomic mass is 9.90. The van der Waals surface area contributed by atoms with Crippen molar-refractivity contribution in [3.8, 4) is 0 Å². The van der Waals surface area contributed by atoms with Crippen molar-refractivity contribution in [1.82, 2.24) is 0 Å². The number of hydrogen-bond acceptors (Lipinski definition) is 2. The molecule has 0 amide bonds. The van der Waals surface area contributed by atoms with Crippen LogP contribution in [0.2, 0.25) is 0 Å². The van der Waals surface area contributed by atoms with Gasteiger partial charge in [0.05, 0.1) is 0 Å². The number of nitrogens with zero attached hydrogens (tertiary/aromatic N) is 3. The van der Waals surface area contributed by atoms with Crippen molar-refractivity contribution in [3.05, 3.63) is 21.6 Å². The van der Waals surface area contributed by atoms with Crippen LogP contribution in [0.1, 0.15) is 32.6 Å². The Balaban J connectivity index is 2.82. The summed E-state index contributed by atoms with van der Waals surface area (Å²) in [7, 11) is 0. The molecule has 1 rings (SSSR count). The van der Waals surface area contributed by atoms with E-state index in [9.17, 15) is 4.79 Å². The normalized spacial score (nSPS) is 16.7. The first kappa shape index (κ1) is 9.81. The molecule has 0 aromatic rings. The molecule has 4 nitrogen and oxygen atoms in total. The van der Waals surface area contributed by atoms with Crippen molar-refractivity contribution < 1.29 is 4.79 Å². The molecule has 0 fully saturated rings. The summed E-state index contributed by atoms with van der Waals surface area (Å²) in [4.78, 5) is 13.9. The molecule has 0 aliphatic heterocycles. The number of carbonyl (C=O) groups is 1. The average molecular weight is 179 g/mol. The molecule has 0 spiro atoms. The van der Waals surface area contributed by atoms with Gasteiger partial charge < -0.3 is 0 Å². The molecule has 70 valence electrons. The van der Waals surface area contributed by atoms with Gasteiger partial charge in [-0.3, -0.25) is 4.79 Å². The van der Waals surface area contributed by atoms with E-state index in [1.54, 1.807) is 6.92 Å². The molecule has 13 heavy (non-hydrogen) atoms. The summed E-state index contributed by atoms with van der Waals surface area (Å²) in [5, 5.41) is 3.50. The SMILES string of the molecule is CC(=O)C1=C(CN=[N+]=[N-])CCCC1. The lowest BCUT2D eigenvalue weighted by molar-refractivity contribution is -0.113. The summed E-state index contributed by atoms with van der Waals surface area (Å²) < 4.78 is 0. The van der Waals surface area contributed by atoms with Gasteiger partial charge in [0.2, 0.25) is 0 Å². The monoisotopic (exact) mass is 179 g/mol. The third-order valence-electron chi connectivity index (χ3n) is 2.33. The number of ketones is 1. The van der Waals surface area contributed by atoms with Crippen LogP contribution in [0.15, 0.2) is 16.3 Å². The van der Waals surface area contributed by atoms with E-state index in [1.807, 2.05) is 0 Å². The molecular weight excluding hydrogens is 166 g/mol. The van der Waals surface area contributed by atoms with Gasteiger partial charge in [-0.1, -0.05) is 10.7 Å². The lowest BCUT2D eigenvalue weighted by Gasteiger charge is -2.16. The summed E-state index contributed by atoms with van der Waals surface area (Å²) in [5.74, 6) is 0.128. The molecule has 0 atom stereocenters. The number of hydrogen-bond donors (Lipinski definition) is 0. The van der Waals surface area contributed by atoms with Gasteiger partial charge in [0.15, 0.2) is 5.78 Å². The quantitative estimate of drug-likeness (QED) is 0.373. The molecule has 0 aromatic carbocycles. The Kier molecular flexibility index (Phi) is 3.53. The Labute approximate surface area is 77.3 Å². The van der Waals surface area contributed by atoms with Gasteiger partial charge in [0.25, 0.3) is 0 Å². The fraction of sp³-hybridized carbons (Fsp3) is 0.667. The molecule has 0 saturated heterocycles. The van der Waals surface area contributed by atoms with E-state index in [4.69, 9.17) is 5.53 Å². The van der Waals surface area contributed by atoms with Crippen LogP contribution in [0.5, 0.6) is 0 Å². The van der Waals surface area contributed by atoms with Crippen LogP contribution in [0.25, 0.3) is 10.4 Å². The summed E-state index contributed by atoms with van der Waals surface area (Å²) in [5.41, 5.74) is 10.1. The number of Topliss-reactive ketones (excluding diaryl/α,β-unsaturated/α-hetero) is 1. The number of azide groups is 1. The van der Waals surface area contributed by atoms with Crippen LogP contribution >= 0.6 is 0 Å². The van der Waals surface area contributed by atoms with Crippen LogP contribution in [-0.2, 0) is 4.79 Å². The molecule has 0 unspecified atom stereocenters. The number of rotatable bonds is 3. The molecular formula is C9H13N3O. The van der Waals surface area contributed by atoms with E-state index >= 15 is 0 Å². The van der Waals surface area contributed by atoms with Crippen molar-refractivity contribution in [2.75, 3.05) is 6.54 Å².